The predicted octanol–water partition coefficient (Wildman–Crippen LogP) is 7.54. The number of carbonyl (C=O) groups is 1. The van der Waals surface area contributed by atoms with Gasteiger partial charge in [0.15, 0.2) is 0 Å². The average Bonchev–Trinajstić information content (AvgIpc) is 2.81. The van der Waals surface area contributed by atoms with Crippen LogP contribution in [0.4, 0.5) is 4.79 Å². The first-order valence-corrected chi connectivity index (χ1v) is 16.3. The van der Waals surface area contributed by atoms with E-state index < -0.39 is 20.0 Å². The monoisotopic (exact) mass is 551 g/mol. The first kappa shape index (κ1) is 36.3. The Labute approximate surface area is 228 Å². The van der Waals surface area contributed by atoms with Gasteiger partial charge in [-0.05, 0) is 12.8 Å². The third kappa shape index (κ3) is 25.4. The van der Waals surface area contributed by atoms with Crippen molar-refractivity contribution in [3.63, 3.8) is 0 Å². The van der Waals surface area contributed by atoms with E-state index in [2.05, 4.69) is 6.92 Å². The van der Waals surface area contributed by atoms with Crippen molar-refractivity contribution in [1.29, 1.82) is 0 Å². The number of unbranched alkanes of at least 4 members (excludes halogenated alkanes) is 15. The highest BCUT2D eigenvalue weighted by molar-refractivity contribution is 7.47. The Morgan fingerprint density at radius 2 is 1.22 bits per heavy atom. The molecule has 9 heteroatoms. The van der Waals surface area contributed by atoms with Crippen LogP contribution in [0.2, 0.25) is 0 Å². The highest BCUT2D eigenvalue weighted by atomic mass is 31.2. The summed E-state index contributed by atoms with van der Waals surface area (Å²) in [5, 5.41) is 0. The van der Waals surface area contributed by atoms with E-state index in [9.17, 15) is 14.3 Å². The largest absolute Gasteiger partial charge is 0.472 e. The summed E-state index contributed by atoms with van der Waals surface area (Å²) < 4.78 is 28.5. The van der Waals surface area contributed by atoms with Crippen molar-refractivity contribution in [2.45, 2.75) is 122 Å². The standard InChI is InChI=1S/C28H59N2O6P/c1-7-8-9-10-11-12-13-14-15-16-17-18-19-20-21-22-23-27(36-28(31)29(2)3)26-35-37(32,33)34-25-24-30(4,5)6/h27H,7-26H2,1-6H3/p+1. The van der Waals surface area contributed by atoms with Crippen LogP contribution in [-0.2, 0) is 18.3 Å². The van der Waals surface area contributed by atoms with Crippen LogP contribution in [0, 0.1) is 0 Å². The number of phosphoric acid groups is 1. The molecule has 0 radical (unpaired) electrons. The van der Waals surface area contributed by atoms with E-state index in [0.717, 1.165) is 19.3 Å². The molecule has 0 rings (SSSR count). The lowest BCUT2D eigenvalue weighted by molar-refractivity contribution is -0.870. The number of likely N-dealkylation sites (N-methyl/N-ethyl adjacent to an activating group) is 1. The fourth-order valence-corrected chi connectivity index (χ4v) is 4.73. The number of ether oxygens (including phenoxy) is 1. The summed E-state index contributed by atoms with van der Waals surface area (Å²) in [6, 6.07) is 0. The molecular formula is C28H60N2O6P+. The third-order valence-corrected chi connectivity index (χ3v) is 7.44. The second kappa shape index (κ2) is 22.2. The van der Waals surface area contributed by atoms with E-state index in [1.54, 1.807) is 14.1 Å². The highest BCUT2D eigenvalue weighted by Crippen LogP contribution is 2.43. The van der Waals surface area contributed by atoms with Crippen LogP contribution in [-0.4, -0.2) is 81.5 Å². The average molecular weight is 552 g/mol. The van der Waals surface area contributed by atoms with Crippen LogP contribution in [0.25, 0.3) is 0 Å². The molecule has 1 amide bonds. The lowest BCUT2D eigenvalue weighted by atomic mass is 10.0. The number of hydrogen-bond acceptors (Lipinski definition) is 5. The molecule has 0 heterocycles. The van der Waals surface area contributed by atoms with Crippen molar-refractivity contribution in [3.05, 3.63) is 0 Å². The van der Waals surface area contributed by atoms with Crippen LogP contribution in [0.1, 0.15) is 116 Å². The number of quaternary nitrogens is 1. The van der Waals surface area contributed by atoms with Crippen LogP contribution in [0.3, 0.4) is 0 Å². The van der Waals surface area contributed by atoms with Gasteiger partial charge < -0.3 is 19.0 Å². The molecule has 0 spiro atoms. The number of hydrogen-bond donors (Lipinski definition) is 1. The molecule has 0 saturated heterocycles. The smallest absolute Gasteiger partial charge is 0.444 e. The predicted molar refractivity (Wildman–Crippen MR) is 153 cm³/mol. The van der Waals surface area contributed by atoms with E-state index in [-0.39, 0.29) is 13.2 Å². The number of rotatable bonds is 25. The number of amides is 1. The Morgan fingerprint density at radius 3 is 1.62 bits per heavy atom. The molecule has 0 aliphatic carbocycles. The van der Waals surface area contributed by atoms with Gasteiger partial charge in [-0.2, -0.15) is 0 Å². The summed E-state index contributed by atoms with van der Waals surface area (Å²) in [4.78, 5) is 23.3. The summed E-state index contributed by atoms with van der Waals surface area (Å²) in [6.45, 7) is 2.80. The molecule has 0 aliphatic rings. The SMILES string of the molecule is CCCCCCCCCCCCCCCCCCC(COP(=O)(O)OCC[N+](C)(C)C)OC(=O)N(C)C. The highest BCUT2D eigenvalue weighted by Gasteiger charge is 2.26. The van der Waals surface area contributed by atoms with Crippen molar-refractivity contribution < 1.29 is 32.5 Å². The minimum absolute atomic E-state index is 0.110. The Morgan fingerprint density at radius 1 is 0.784 bits per heavy atom. The number of carbonyl (C=O) groups excluding carboxylic acids is 1. The van der Waals surface area contributed by atoms with Gasteiger partial charge in [0.25, 0.3) is 0 Å². The van der Waals surface area contributed by atoms with E-state index in [1.807, 2.05) is 21.1 Å². The van der Waals surface area contributed by atoms with Gasteiger partial charge in [0.1, 0.15) is 19.3 Å². The Balaban J connectivity index is 3.98. The van der Waals surface area contributed by atoms with Crippen LogP contribution in [0.15, 0.2) is 0 Å². The maximum Gasteiger partial charge on any atom is 0.472 e. The molecule has 0 aliphatic heterocycles. The fraction of sp³-hybridized carbons (Fsp3) is 0.964. The van der Waals surface area contributed by atoms with E-state index in [1.165, 1.54) is 88.4 Å². The van der Waals surface area contributed by atoms with Crippen LogP contribution >= 0.6 is 7.82 Å². The Bertz CT molecular complexity index is 598. The number of nitrogens with zero attached hydrogens (tertiary/aromatic N) is 2. The van der Waals surface area contributed by atoms with Crippen LogP contribution < -0.4 is 0 Å². The van der Waals surface area contributed by atoms with Gasteiger partial charge in [0, 0.05) is 14.1 Å². The molecule has 0 bridgehead atoms. The van der Waals surface area contributed by atoms with Crippen molar-refractivity contribution >= 4 is 13.9 Å². The van der Waals surface area contributed by atoms with E-state index in [4.69, 9.17) is 13.8 Å². The van der Waals surface area contributed by atoms with Crippen molar-refractivity contribution in [1.82, 2.24) is 4.90 Å². The lowest BCUT2D eigenvalue weighted by Gasteiger charge is -2.24. The minimum Gasteiger partial charge on any atom is -0.444 e. The molecule has 8 nitrogen and oxygen atoms in total. The normalized spacial score (nSPS) is 14.4. The second-order valence-electron chi connectivity index (χ2n) is 11.6. The molecule has 0 fully saturated rings. The molecule has 0 aromatic heterocycles. The summed E-state index contributed by atoms with van der Waals surface area (Å²) in [7, 11) is 4.95. The summed E-state index contributed by atoms with van der Waals surface area (Å²) in [6.07, 6.45) is 20.2. The maximum atomic E-state index is 12.2. The molecule has 222 valence electrons. The van der Waals surface area contributed by atoms with Gasteiger partial charge in [0.2, 0.25) is 0 Å². The van der Waals surface area contributed by atoms with Gasteiger partial charge in [-0.1, -0.05) is 103 Å². The van der Waals surface area contributed by atoms with E-state index in [0.29, 0.717) is 17.4 Å². The zero-order chi connectivity index (χ0) is 28.0. The zero-order valence-electron chi connectivity index (χ0n) is 25.0. The Kier molecular flexibility index (Phi) is 21.8. The molecule has 1 N–H and O–H groups in total. The first-order valence-electron chi connectivity index (χ1n) is 14.8. The van der Waals surface area contributed by atoms with Crippen molar-refractivity contribution in [2.24, 2.45) is 0 Å². The fourth-order valence-electron chi connectivity index (χ4n) is 3.99. The third-order valence-electron chi connectivity index (χ3n) is 6.45. The molecule has 37 heavy (non-hydrogen) atoms. The molecule has 0 saturated carbocycles. The molecule has 0 aromatic carbocycles. The van der Waals surface area contributed by atoms with Gasteiger partial charge in [-0.15, -0.1) is 0 Å². The molecule has 0 aromatic rings. The minimum atomic E-state index is -4.19. The summed E-state index contributed by atoms with van der Waals surface area (Å²) in [5.41, 5.74) is 0. The second-order valence-corrected chi connectivity index (χ2v) is 13.1. The lowest BCUT2D eigenvalue weighted by Crippen LogP contribution is -2.37. The van der Waals surface area contributed by atoms with Crippen molar-refractivity contribution in [3.8, 4) is 0 Å². The first-order chi connectivity index (χ1) is 17.5. The topological polar surface area (TPSA) is 85.3 Å². The van der Waals surface area contributed by atoms with Gasteiger partial charge in [-0.25, -0.2) is 9.36 Å². The van der Waals surface area contributed by atoms with Gasteiger partial charge >= 0.3 is 13.9 Å². The summed E-state index contributed by atoms with van der Waals surface area (Å²) >= 11 is 0. The van der Waals surface area contributed by atoms with Gasteiger partial charge in [-0.3, -0.25) is 9.05 Å². The van der Waals surface area contributed by atoms with E-state index >= 15 is 0 Å². The summed E-state index contributed by atoms with van der Waals surface area (Å²) in [5.74, 6) is 0. The van der Waals surface area contributed by atoms with Gasteiger partial charge in [0.05, 0.1) is 27.7 Å². The quantitative estimate of drug-likeness (QED) is 0.0716. The molecular weight excluding hydrogens is 491 g/mol. The Hall–Kier alpha value is -0.660. The van der Waals surface area contributed by atoms with Crippen molar-refractivity contribution in [2.75, 3.05) is 55.0 Å². The maximum absolute atomic E-state index is 12.2. The number of phosphoric ester groups is 1. The van der Waals surface area contributed by atoms with Crippen LogP contribution in [0.5, 0.6) is 0 Å². The molecule has 2 atom stereocenters. The molecule has 2 unspecified atom stereocenters. The zero-order valence-corrected chi connectivity index (χ0v) is 25.9.